The number of esters is 1. The Bertz CT molecular complexity index is 1010. The van der Waals surface area contributed by atoms with Crippen LogP contribution in [0.5, 0.6) is 0 Å². The van der Waals surface area contributed by atoms with Gasteiger partial charge in [-0.3, -0.25) is 14.4 Å². The van der Waals surface area contributed by atoms with Crippen LogP contribution in [-0.4, -0.2) is 81.8 Å². The van der Waals surface area contributed by atoms with E-state index in [1.165, 1.54) is 0 Å². The second kappa shape index (κ2) is 11.0. The molecule has 1 spiro atoms. The number of hydrogen-bond donors (Lipinski definition) is 1. The molecule has 8 heteroatoms. The lowest BCUT2D eigenvalue weighted by atomic mass is 9.77. The van der Waals surface area contributed by atoms with E-state index in [-0.39, 0.29) is 29.8 Å². The summed E-state index contributed by atoms with van der Waals surface area (Å²) in [6.07, 6.45) is 10.8. The number of carbonyl (C=O) groups is 3. The Morgan fingerprint density at radius 3 is 2.44 bits per heavy atom. The molecule has 2 fully saturated rings. The molecular weight excluding hydrogens is 496 g/mol. The fourth-order valence-electron chi connectivity index (χ4n) is 7.51. The number of fused-ring (bicyclic) bond motifs is 2. The molecule has 1 N–H and O–H groups in total. The van der Waals surface area contributed by atoms with E-state index in [4.69, 9.17) is 9.47 Å². The third-order valence-electron chi connectivity index (χ3n) is 8.58. The molecular formula is C31H48N2O6. The molecule has 4 aliphatic rings. The van der Waals surface area contributed by atoms with Gasteiger partial charge in [0.1, 0.15) is 17.6 Å². The van der Waals surface area contributed by atoms with Crippen LogP contribution < -0.4 is 0 Å². The molecule has 6 atom stereocenters. The summed E-state index contributed by atoms with van der Waals surface area (Å²) in [5.74, 6) is -2.55. The van der Waals surface area contributed by atoms with Gasteiger partial charge >= 0.3 is 5.97 Å². The lowest BCUT2D eigenvalue weighted by molar-refractivity contribution is -0.158. The van der Waals surface area contributed by atoms with Crippen LogP contribution in [0.1, 0.15) is 80.6 Å². The van der Waals surface area contributed by atoms with Gasteiger partial charge in [0.2, 0.25) is 11.8 Å². The number of hydrogen-bond acceptors (Lipinski definition) is 6. The second-order valence-corrected chi connectivity index (χ2v) is 14.0. The highest BCUT2D eigenvalue weighted by molar-refractivity contribution is 5.99. The van der Waals surface area contributed by atoms with Gasteiger partial charge in [0.25, 0.3) is 0 Å². The van der Waals surface area contributed by atoms with E-state index < -0.39 is 47.1 Å². The van der Waals surface area contributed by atoms with Gasteiger partial charge in [0.15, 0.2) is 0 Å². The highest BCUT2D eigenvalue weighted by Crippen LogP contribution is 2.54. The third kappa shape index (κ3) is 5.56. The van der Waals surface area contributed by atoms with E-state index >= 15 is 0 Å². The number of allylic oxidation sites excluding steroid dienone is 1. The van der Waals surface area contributed by atoms with Gasteiger partial charge in [0, 0.05) is 12.1 Å². The maximum Gasteiger partial charge on any atom is 0.312 e. The summed E-state index contributed by atoms with van der Waals surface area (Å²) >= 11 is 0. The molecule has 0 aromatic heterocycles. The maximum absolute atomic E-state index is 14.7. The van der Waals surface area contributed by atoms with Crippen molar-refractivity contribution in [1.29, 1.82) is 0 Å². The molecule has 8 nitrogen and oxygen atoms in total. The van der Waals surface area contributed by atoms with E-state index in [0.717, 1.165) is 25.7 Å². The Balaban J connectivity index is 1.85. The van der Waals surface area contributed by atoms with Crippen molar-refractivity contribution < 1.29 is 29.0 Å². The average molecular weight is 545 g/mol. The summed E-state index contributed by atoms with van der Waals surface area (Å²) in [5.41, 5.74) is -1.85. The first-order chi connectivity index (χ1) is 18.2. The predicted molar refractivity (Wildman–Crippen MR) is 149 cm³/mol. The second-order valence-electron chi connectivity index (χ2n) is 14.0. The number of aliphatic hydroxyl groups is 1. The first kappa shape index (κ1) is 29.8. The molecule has 4 aliphatic heterocycles. The number of carbonyl (C=O) groups excluding carboxylic acids is 3. The van der Waals surface area contributed by atoms with Crippen LogP contribution in [0, 0.1) is 23.2 Å². The van der Waals surface area contributed by atoms with E-state index in [0.29, 0.717) is 19.6 Å². The normalized spacial score (nSPS) is 33.4. The number of ether oxygens (including phenoxy) is 2. The molecule has 0 bridgehead atoms. The standard InChI is InChI=1S/C31H48N2O6/c1-20(2)17-21(18-34)33-25-27(36)32(30(6,7)19-29(3,4)5)15-12-14-31(25)24(26(33)35)23-22(39-31)13-10-8-9-11-16-38-28(23)37/h10,12-14,20-25,34H,8-9,11,15-19H2,1-7H3/b13-10-/t21-,22+,23-,24+,25?,31+/m1/s1. The van der Waals surface area contributed by atoms with Gasteiger partial charge in [0.05, 0.1) is 31.3 Å². The van der Waals surface area contributed by atoms with Gasteiger partial charge in [-0.25, -0.2) is 0 Å². The van der Waals surface area contributed by atoms with Crippen LogP contribution in [-0.2, 0) is 23.9 Å². The van der Waals surface area contributed by atoms with E-state index in [1.807, 2.05) is 43.1 Å². The summed E-state index contributed by atoms with van der Waals surface area (Å²) in [7, 11) is 0. The molecule has 218 valence electrons. The van der Waals surface area contributed by atoms with Crippen molar-refractivity contribution >= 4 is 17.8 Å². The zero-order chi connectivity index (χ0) is 28.8. The van der Waals surface area contributed by atoms with Crippen LogP contribution in [0.4, 0.5) is 0 Å². The molecule has 0 aromatic rings. The van der Waals surface area contributed by atoms with Gasteiger partial charge in [-0.15, -0.1) is 0 Å². The number of nitrogens with zero attached hydrogens (tertiary/aromatic N) is 2. The molecule has 39 heavy (non-hydrogen) atoms. The van der Waals surface area contributed by atoms with Crippen molar-refractivity contribution in [3.63, 3.8) is 0 Å². The summed E-state index contributed by atoms with van der Waals surface area (Å²) in [4.78, 5) is 46.0. The van der Waals surface area contributed by atoms with Crippen LogP contribution >= 0.6 is 0 Å². The van der Waals surface area contributed by atoms with Crippen LogP contribution in [0.2, 0.25) is 0 Å². The van der Waals surface area contributed by atoms with Gasteiger partial charge < -0.3 is 24.4 Å². The van der Waals surface area contributed by atoms with Crippen molar-refractivity contribution in [2.45, 2.75) is 110 Å². The number of likely N-dealkylation sites (tertiary alicyclic amines) is 1. The van der Waals surface area contributed by atoms with E-state index in [1.54, 1.807) is 4.90 Å². The Hall–Kier alpha value is -2.19. The summed E-state index contributed by atoms with van der Waals surface area (Å²) in [5, 5.41) is 10.5. The number of cyclic esters (lactones) is 1. The zero-order valence-corrected chi connectivity index (χ0v) is 24.8. The van der Waals surface area contributed by atoms with Crippen molar-refractivity contribution in [2.75, 3.05) is 19.8 Å². The summed E-state index contributed by atoms with van der Waals surface area (Å²) < 4.78 is 12.4. The van der Waals surface area contributed by atoms with E-state index in [9.17, 15) is 19.5 Å². The maximum atomic E-state index is 14.7. The van der Waals surface area contributed by atoms with Crippen molar-refractivity contribution in [1.82, 2.24) is 9.80 Å². The number of amides is 2. The minimum absolute atomic E-state index is 0.0304. The molecule has 4 heterocycles. The number of aliphatic hydroxyl groups excluding tert-OH is 1. The lowest BCUT2D eigenvalue weighted by Crippen LogP contribution is -2.61. The van der Waals surface area contributed by atoms with Gasteiger partial charge in [-0.2, -0.15) is 0 Å². The lowest BCUT2D eigenvalue weighted by Gasteiger charge is -2.45. The molecule has 4 rings (SSSR count). The van der Waals surface area contributed by atoms with Gasteiger partial charge in [-0.05, 0) is 57.3 Å². The van der Waals surface area contributed by atoms with Gasteiger partial charge in [-0.1, -0.05) is 58.9 Å². The number of rotatable bonds is 6. The van der Waals surface area contributed by atoms with Crippen LogP contribution in [0.3, 0.4) is 0 Å². The molecule has 0 aliphatic carbocycles. The Morgan fingerprint density at radius 1 is 1.08 bits per heavy atom. The van der Waals surface area contributed by atoms with Crippen molar-refractivity contribution in [3.05, 3.63) is 24.3 Å². The highest BCUT2D eigenvalue weighted by atomic mass is 16.6. The first-order valence-electron chi connectivity index (χ1n) is 14.7. The Morgan fingerprint density at radius 2 is 1.79 bits per heavy atom. The minimum atomic E-state index is -1.32. The van der Waals surface area contributed by atoms with Crippen LogP contribution in [0.25, 0.3) is 0 Å². The highest BCUT2D eigenvalue weighted by Gasteiger charge is 2.72. The Labute approximate surface area is 233 Å². The summed E-state index contributed by atoms with van der Waals surface area (Å²) in [6, 6.07) is -1.55. The first-order valence-corrected chi connectivity index (χ1v) is 14.7. The van der Waals surface area contributed by atoms with E-state index in [2.05, 4.69) is 34.6 Å². The largest absolute Gasteiger partial charge is 0.465 e. The molecule has 0 aromatic carbocycles. The molecule has 2 amide bonds. The predicted octanol–water partition coefficient (Wildman–Crippen LogP) is 3.87. The SMILES string of the molecule is CC(C)C[C@H](CO)N1C(=O)[C@@H]2[C@@H]3C(=O)OCCCC/C=C\[C@@H]3O[C@@]23C=CCN(C(C)(C)CC(C)(C)C)C(=O)C13. The molecule has 1 unspecified atom stereocenters. The fourth-order valence-corrected chi connectivity index (χ4v) is 7.51. The topological polar surface area (TPSA) is 96.4 Å². The third-order valence-corrected chi connectivity index (χ3v) is 8.58. The monoisotopic (exact) mass is 544 g/mol. The average Bonchev–Trinajstić information content (AvgIpc) is 3.20. The van der Waals surface area contributed by atoms with Crippen molar-refractivity contribution in [2.24, 2.45) is 23.2 Å². The fraction of sp³-hybridized carbons (Fsp3) is 0.774. The molecule has 0 radical (unpaired) electrons. The summed E-state index contributed by atoms with van der Waals surface area (Å²) in [6.45, 7) is 15.1. The minimum Gasteiger partial charge on any atom is -0.465 e. The van der Waals surface area contributed by atoms with Crippen LogP contribution in [0.15, 0.2) is 24.3 Å². The zero-order valence-electron chi connectivity index (χ0n) is 24.8. The Kier molecular flexibility index (Phi) is 8.40. The molecule has 2 saturated heterocycles. The smallest absolute Gasteiger partial charge is 0.312 e. The van der Waals surface area contributed by atoms with Crippen molar-refractivity contribution in [3.8, 4) is 0 Å². The molecule has 0 saturated carbocycles. The quantitative estimate of drug-likeness (QED) is 0.403.